The Labute approximate surface area is 111 Å². The van der Waals surface area contributed by atoms with Crippen molar-refractivity contribution >= 4 is 5.97 Å². The third kappa shape index (κ3) is 2.71. The third-order valence-electron chi connectivity index (χ3n) is 5.04. The second-order valence-corrected chi connectivity index (χ2v) is 6.90. The molecule has 0 aromatic heterocycles. The lowest BCUT2D eigenvalue weighted by atomic mass is 9.68. The lowest BCUT2D eigenvalue weighted by Gasteiger charge is -2.47. The molecule has 1 saturated carbocycles. The van der Waals surface area contributed by atoms with Gasteiger partial charge < -0.3 is 5.11 Å². The molecular weight excluding hydrogens is 226 g/mol. The van der Waals surface area contributed by atoms with Crippen LogP contribution in [-0.4, -0.2) is 34.6 Å². The van der Waals surface area contributed by atoms with E-state index in [-0.39, 0.29) is 0 Å². The first-order chi connectivity index (χ1) is 8.46. The molecule has 1 aliphatic heterocycles. The first kappa shape index (κ1) is 13.9. The molecule has 0 radical (unpaired) electrons. The summed E-state index contributed by atoms with van der Waals surface area (Å²) in [5.74, 6) is -0.583. The summed E-state index contributed by atoms with van der Waals surface area (Å²) in [5.41, 5.74) is -0.231. The molecule has 0 atom stereocenters. The zero-order valence-corrected chi connectivity index (χ0v) is 11.9. The van der Waals surface area contributed by atoms with Crippen LogP contribution in [-0.2, 0) is 4.79 Å². The quantitative estimate of drug-likeness (QED) is 0.821. The molecule has 0 unspecified atom stereocenters. The lowest BCUT2D eigenvalue weighted by molar-refractivity contribution is -0.156. The Kier molecular flexibility index (Phi) is 4.00. The minimum Gasteiger partial charge on any atom is -0.480 e. The van der Waals surface area contributed by atoms with Gasteiger partial charge in [0.2, 0.25) is 0 Å². The third-order valence-corrected chi connectivity index (χ3v) is 5.04. The van der Waals surface area contributed by atoms with Gasteiger partial charge in [-0.3, -0.25) is 9.69 Å². The molecule has 0 aromatic rings. The monoisotopic (exact) mass is 253 g/mol. The Morgan fingerprint density at radius 2 is 1.44 bits per heavy atom. The van der Waals surface area contributed by atoms with Crippen LogP contribution in [0.3, 0.4) is 0 Å². The van der Waals surface area contributed by atoms with Crippen LogP contribution in [0.25, 0.3) is 0 Å². The van der Waals surface area contributed by atoms with Gasteiger partial charge in [0.15, 0.2) is 0 Å². The van der Waals surface area contributed by atoms with E-state index in [0.717, 1.165) is 38.8 Å². The number of aliphatic carboxylic acids is 1. The fourth-order valence-corrected chi connectivity index (χ4v) is 3.50. The summed E-state index contributed by atoms with van der Waals surface area (Å²) in [4.78, 5) is 14.1. The van der Waals surface area contributed by atoms with E-state index < -0.39 is 11.5 Å². The minimum absolute atomic E-state index is 0.324. The summed E-state index contributed by atoms with van der Waals surface area (Å²) in [6, 6.07) is 0. The van der Waals surface area contributed by atoms with Gasteiger partial charge in [-0.05, 0) is 57.0 Å². The summed E-state index contributed by atoms with van der Waals surface area (Å²) in [6.07, 6.45) is 8.59. The molecule has 104 valence electrons. The molecule has 18 heavy (non-hydrogen) atoms. The summed E-state index contributed by atoms with van der Waals surface area (Å²) in [6.45, 7) is 6.49. The van der Waals surface area contributed by atoms with E-state index in [1.54, 1.807) is 0 Å². The Morgan fingerprint density at radius 3 is 1.89 bits per heavy atom. The van der Waals surface area contributed by atoms with Crippen LogP contribution >= 0.6 is 0 Å². The highest BCUT2D eigenvalue weighted by Crippen LogP contribution is 2.43. The minimum atomic E-state index is -0.583. The van der Waals surface area contributed by atoms with E-state index in [0.29, 0.717) is 5.41 Å². The highest BCUT2D eigenvalue weighted by molar-refractivity contribution is 5.79. The normalized spacial score (nSPS) is 28.6. The number of carbonyl (C=O) groups is 1. The van der Waals surface area contributed by atoms with Crippen molar-refractivity contribution in [2.24, 2.45) is 5.41 Å². The Hall–Kier alpha value is -0.570. The SMILES string of the molecule is CC1(C)CCC(C(=O)O)(N2CCCCCC2)CC1. The molecule has 1 saturated heterocycles. The van der Waals surface area contributed by atoms with Gasteiger partial charge in [0.05, 0.1) is 0 Å². The van der Waals surface area contributed by atoms with Crippen molar-refractivity contribution in [2.75, 3.05) is 13.1 Å². The highest BCUT2D eigenvalue weighted by atomic mass is 16.4. The van der Waals surface area contributed by atoms with Crippen LogP contribution in [0.4, 0.5) is 0 Å². The number of likely N-dealkylation sites (tertiary alicyclic amines) is 1. The summed E-state index contributed by atoms with van der Waals surface area (Å²) in [5, 5.41) is 9.76. The van der Waals surface area contributed by atoms with Crippen molar-refractivity contribution in [3.05, 3.63) is 0 Å². The van der Waals surface area contributed by atoms with Crippen molar-refractivity contribution < 1.29 is 9.90 Å². The van der Waals surface area contributed by atoms with E-state index >= 15 is 0 Å². The van der Waals surface area contributed by atoms with Crippen LogP contribution in [0.2, 0.25) is 0 Å². The zero-order valence-electron chi connectivity index (χ0n) is 11.9. The Bertz CT molecular complexity index is 294. The van der Waals surface area contributed by atoms with Gasteiger partial charge in [0.1, 0.15) is 5.54 Å². The van der Waals surface area contributed by atoms with Crippen LogP contribution in [0.15, 0.2) is 0 Å². The maximum atomic E-state index is 11.9. The molecule has 1 aliphatic carbocycles. The second kappa shape index (κ2) is 5.20. The topological polar surface area (TPSA) is 40.5 Å². The number of carboxylic acids is 1. The molecule has 0 bridgehead atoms. The molecular formula is C15H27NO2. The fourth-order valence-electron chi connectivity index (χ4n) is 3.50. The van der Waals surface area contributed by atoms with E-state index in [4.69, 9.17) is 0 Å². The summed E-state index contributed by atoms with van der Waals surface area (Å²) >= 11 is 0. The van der Waals surface area contributed by atoms with Crippen LogP contribution in [0, 0.1) is 5.41 Å². The second-order valence-electron chi connectivity index (χ2n) is 6.90. The largest absolute Gasteiger partial charge is 0.480 e. The van der Waals surface area contributed by atoms with Gasteiger partial charge in [-0.15, -0.1) is 0 Å². The molecule has 3 nitrogen and oxygen atoms in total. The fraction of sp³-hybridized carbons (Fsp3) is 0.933. The maximum Gasteiger partial charge on any atom is 0.324 e. The molecule has 3 heteroatoms. The Morgan fingerprint density at radius 1 is 0.944 bits per heavy atom. The molecule has 0 aromatic carbocycles. The first-order valence-electron chi connectivity index (χ1n) is 7.45. The van der Waals surface area contributed by atoms with Crippen LogP contribution in [0.1, 0.15) is 65.2 Å². The molecule has 0 amide bonds. The molecule has 2 fully saturated rings. The number of hydrogen-bond donors (Lipinski definition) is 1. The van der Waals surface area contributed by atoms with E-state index in [2.05, 4.69) is 18.7 Å². The molecule has 1 N–H and O–H groups in total. The first-order valence-corrected chi connectivity index (χ1v) is 7.45. The predicted octanol–water partition coefficient (Wildman–Crippen LogP) is 3.29. The smallest absolute Gasteiger partial charge is 0.324 e. The maximum absolute atomic E-state index is 11.9. The van der Waals surface area contributed by atoms with Crippen LogP contribution in [0.5, 0.6) is 0 Å². The van der Waals surface area contributed by atoms with Gasteiger partial charge in [-0.1, -0.05) is 26.7 Å². The van der Waals surface area contributed by atoms with Gasteiger partial charge in [-0.25, -0.2) is 0 Å². The number of rotatable bonds is 2. The highest BCUT2D eigenvalue weighted by Gasteiger charge is 2.48. The average molecular weight is 253 g/mol. The molecule has 1 heterocycles. The molecule has 2 aliphatic rings. The van der Waals surface area contributed by atoms with E-state index in [1.165, 1.54) is 25.7 Å². The number of hydrogen-bond acceptors (Lipinski definition) is 2. The van der Waals surface area contributed by atoms with E-state index in [1.807, 2.05) is 0 Å². The van der Waals surface area contributed by atoms with Gasteiger partial charge >= 0.3 is 5.97 Å². The lowest BCUT2D eigenvalue weighted by Crippen LogP contribution is -2.57. The van der Waals surface area contributed by atoms with Crippen LogP contribution < -0.4 is 0 Å². The standard InChI is InChI=1S/C15H27NO2/c1-14(2)7-9-15(10-8-14,13(17)18)16-11-5-3-4-6-12-16/h3-12H2,1-2H3,(H,17,18). The van der Waals surface area contributed by atoms with Crippen molar-refractivity contribution in [1.29, 1.82) is 0 Å². The summed E-state index contributed by atoms with van der Waals surface area (Å²) < 4.78 is 0. The van der Waals surface area contributed by atoms with E-state index in [9.17, 15) is 9.90 Å². The Balaban J connectivity index is 2.14. The van der Waals surface area contributed by atoms with Gasteiger partial charge in [-0.2, -0.15) is 0 Å². The predicted molar refractivity (Wildman–Crippen MR) is 72.7 cm³/mol. The molecule has 0 spiro atoms. The van der Waals surface area contributed by atoms with Crippen molar-refractivity contribution in [1.82, 2.24) is 4.90 Å². The average Bonchev–Trinajstić information content (AvgIpc) is 2.58. The number of carboxylic acid groups (broad SMARTS) is 1. The zero-order chi connectivity index (χ0) is 13.2. The van der Waals surface area contributed by atoms with Gasteiger partial charge in [0, 0.05) is 0 Å². The van der Waals surface area contributed by atoms with Crippen molar-refractivity contribution in [3.63, 3.8) is 0 Å². The summed E-state index contributed by atoms with van der Waals surface area (Å²) in [7, 11) is 0. The number of nitrogens with zero attached hydrogens (tertiary/aromatic N) is 1. The van der Waals surface area contributed by atoms with Gasteiger partial charge in [0.25, 0.3) is 0 Å². The van der Waals surface area contributed by atoms with Crippen molar-refractivity contribution in [3.8, 4) is 0 Å². The van der Waals surface area contributed by atoms with Crippen molar-refractivity contribution in [2.45, 2.75) is 70.8 Å². The molecule has 2 rings (SSSR count).